The number of carbonyl (C=O) groups excluding carboxylic acids is 1. The number of anilines is 1. The molecule has 0 aliphatic carbocycles. The second-order valence-corrected chi connectivity index (χ2v) is 7.91. The monoisotopic (exact) mass is 420 g/mol. The maximum atomic E-state index is 12.2. The predicted octanol–water partition coefficient (Wildman–Crippen LogP) is 3.61. The predicted molar refractivity (Wildman–Crippen MR) is 116 cm³/mol. The minimum Gasteiger partial charge on any atom is -0.487 e. The Balaban J connectivity index is 1.36. The zero-order valence-corrected chi connectivity index (χ0v) is 17.2. The molecule has 7 nitrogen and oxygen atoms in total. The van der Waals surface area contributed by atoms with Gasteiger partial charge in [0.15, 0.2) is 0 Å². The highest BCUT2D eigenvalue weighted by molar-refractivity contribution is 7.16. The van der Waals surface area contributed by atoms with Gasteiger partial charge in [0.25, 0.3) is 5.56 Å². The minimum atomic E-state index is -0.234. The minimum absolute atomic E-state index is 0.0586. The maximum absolute atomic E-state index is 12.2. The number of nitrogens with zero attached hydrogens (tertiary/aromatic N) is 3. The molecule has 2 heterocycles. The SMILES string of the molecule is Cc1nn2c(=O)cc(COc3cccc(NC(=O)CCc4ccccc4)c3)nc2s1. The smallest absolute Gasteiger partial charge is 0.275 e. The molecule has 0 aliphatic heterocycles. The average Bonchev–Trinajstić information content (AvgIpc) is 3.13. The molecule has 0 unspecified atom stereocenters. The van der Waals surface area contributed by atoms with Crippen molar-refractivity contribution in [3.63, 3.8) is 0 Å². The van der Waals surface area contributed by atoms with Crippen molar-refractivity contribution < 1.29 is 9.53 Å². The zero-order chi connectivity index (χ0) is 20.9. The van der Waals surface area contributed by atoms with Gasteiger partial charge < -0.3 is 10.1 Å². The number of carbonyl (C=O) groups is 1. The summed E-state index contributed by atoms with van der Waals surface area (Å²) >= 11 is 1.35. The Morgan fingerprint density at radius 1 is 1.13 bits per heavy atom. The van der Waals surface area contributed by atoms with Crippen LogP contribution in [0.25, 0.3) is 4.96 Å². The fraction of sp³-hybridized carbons (Fsp3) is 0.182. The molecule has 4 aromatic rings. The Kier molecular flexibility index (Phi) is 5.85. The van der Waals surface area contributed by atoms with E-state index in [2.05, 4.69) is 15.4 Å². The molecule has 0 bridgehead atoms. The number of benzene rings is 2. The van der Waals surface area contributed by atoms with Gasteiger partial charge in [-0.25, -0.2) is 4.98 Å². The van der Waals surface area contributed by atoms with E-state index in [0.29, 0.717) is 34.9 Å². The van der Waals surface area contributed by atoms with Crippen LogP contribution < -0.4 is 15.6 Å². The Morgan fingerprint density at radius 2 is 1.97 bits per heavy atom. The van der Waals surface area contributed by atoms with Crippen LogP contribution in [0.4, 0.5) is 5.69 Å². The van der Waals surface area contributed by atoms with Crippen LogP contribution in [0.3, 0.4) is 0 Å². The molecule has 4 rings (SSSR count). The van der Waals surface area contributed by atoms with E-state index in [4.69, 9.17) is 4.74 Å². The molecule has 8 heteroatoms. The Labute approximate surface area is 177 Å². The third-order valence-electron chi connectivity index (χ3n) is 4.39. The summed E-state index contributed by atoms with van der Waals surface area (Å²) in [6, 6.07) is 18.5. The largest absolute Gasteiger partial charge is 0.487 e. The van der Waals surface area contributed by atoms with Gasteiger partial charge >= 0.3 is 0 Å². The van der Waals surface area contributed by atoms with Crippen molar-refractivity contribution in [2.24, 2.45) is 0 Å². The molecule has 1 N–H and O–H groups in total. The first-order valence-electron chi connectivity index (χ1n) is 9.50. The van der Waals surface area contributed by atoms with E-state index in [-0.39, 0.29) is 18.1 Å². The number of nitrogens with one attached hydrogen (secondary N) is 1. The highest BCUT2D eigenvalue weighted by Gasteiger charge is 2.08. The van der Waals surface area contributed by atoms with Crippen LogP contribution in [0.2, 0.25) is 0 Å². The fourth-order valence-corrected chi connectivity index (χ4v) is 3.74. The van der Waals surface area contributed by atoms with E-state index in [1.807, 2.05) is 43.3 Å². The number of fused-ring (bicyclic) bond motifs is 1. The number of hydrogen-bond donors (Lipinski definition) is 1. The molecule has 0 saturated carbocycles. The molecule has 0 fully saturated rings. The summed E-state index contributed by atoms with van der Waals surface area (Å²) in [5.74, 6) is 0.523. The zero-order valence-electron chi connectivity index (χ0n) is 16.4. The van der Waals surface area contributed by atoms with Crippen molar-refractivity contribution in [1.82, 2.24) is 14.6 Å². The van der Waals surface area contributed by atoms with Gasteiger partial charge in [-0.05, 0) is 31.0 Å². The summed E-state index contributed by atoms with van der Waals surface area (Å²) < 4.78 is 7.06. The van der Waals surface area contributed by atoms with Crippen LogP contribution >= 0.6 is 11.3 Å². The van der Waals surface area contributed by atoms with Crippen molar-refractivity contribution in [3.05, 3.63) is 87.3 Å². The molecule has 2 aromatic heterocycles. The summed E-state index contributed by atoms with van der Waals surface area (Å²) in [6.45, 7) is 1.97. The number of hydrogen-bond acceptors (Lipinski definition) is 6. The highest BCUT2D eigenvalue weighted by atomic mass is 32.1. The Morgan fingerprint density at radius 3 is 2.80 bits per heavy atom. The maximum Gasteiger partial charge on any atom is 0.275 e. The lowest BCUT2D eigenvalue weighted by molar-refractivity contribution is -0.116. The van der Waals surface area contributed by atoms with Crippen LogP contribution in [0.15, 0.2) is 65.5 Å². The van der Waals surface area contributed by atoms with Crippen LogP contribution in [-0.2, 0) is 17.8 Å². The third kappa shape index (κ3) is 4.90. The molecular weight excluding hydrogens is 400 g/mol. The lowest BCUT2D eigenvalue weighted by atomic mass is 10.1. The number of amides is 1. The van der Waals surface area contributed by atoms with Gasteiger partial charge in [0.1, 0.15) is 17.4 Å². The van der Waals surface area contributed by atoms with Crippen LogP contribution in [-0.4, -0.2) is 20.5 Å². The number of aromatic nitrogens is 3. The summed E-state index contributed by atoms with van der Waals surface area (Å²) in [5.41, 5.74) is 2.08. The standard InChI is InChI=1S/C22H20N4O3S/c1-15-25-26-21(28)13-18(24-22(26)30-15)14-29-19-9-5-8-17(12-19)23-20(27)11-10-16-6-3-2-4-7-16/h2-9,12-13H,10-11,14H2,1H3,(H,23,27). The van der Waals surface area contributed by atoms with Gasteiger partial charge in [0.05, 0.1) is 5.69 Å². The molecule has 0 saturated heterocycles. The Bertz CT molecular complexity index is 1230. The van der Waals surface area contributed by atoms with E-state index >= 15 is 0 Å². The quantitative estimate of drug-likeness (QED) is 0.494. The highest BCUT2D eigenvalue weighted by Crippen LogP contribution is 2.19. The van der Waals surface area contributed by atoms with Crippen LogP contribution in [0.1, 0.15) is 22.7 Å². The molecule has 0 aliphatic rings. The van der Waals surface area contributed by atoms with Gasteiger partial charge in [-0.15, -0.1) is 0 Å². The van der Waals surface area contributed by atoms with Crippen molar-refractivity contribution in [1.29, 1.82) is 0 Å². The second-order valence-electron chi connectivity index (χ2n) is 6.75. The van der Waals surface area contributed by atoms with E-state index in [0.717, 1.165) is 10.6 Å². The first kappa shape index (κ1) is 19.8. The molecular formula is C22H20N4O3S. The van der Waals surface area contributed by atoms with Crippen molar-refractivity contribution in [3.8, 4) is 5.75 Å². The molecule has 0 spiro atoms. The van der Waals surface area contributed by atoms with Gasteiger partial charge in [-0.3, -0.25) is 9.59 Å². The van der Waals surface area contributed by atoms with Crippen LogP contribution in [0, 0.1) is 6.92 Å². The summed E-state index contributed by atoms with van der Waals surface area (Å²) in [7, 11) is 0. The molecule has 1 amide bonds. The molecule has 30 heavy (non-hydrogen) atoms. The summed E-state index contributed by atoms with van der Waals surface area (Å²) in [6.07, 6.45) is 1.08. The second kappa shape index (κ2) is 8.87. The first-order chi connectivity index (χ1) is 14.6. The van der Waals surface area contributed by atoms with Crippen molar-refractivity contribution in [2.45, 2.75) is 26.4 Å². The van der Waals surface area contributed by atoms with Gasteiger partial charge in [0.2, 0.25) is 10.9 Å². The lowest BCUT2D eigenvalue weighted by Crippen LogP contribution is -2.16. The van der Waals surface area contributed by atoms with Crippen molar-refractivity contribution >= 4 is 27.9 Å². The van der Waals surface area contributed by atoms with E-state index < -0.39 is 0 Å². The van der Waals surface area contributed by atoms with E-state index in [1.165, 1.54) is 21.9 Å². The molecule has 2 aromatic carbocycles. The normalized spacial score (nSPS) is 10.8. The first-order valence-corrected chi connectivity index (χ1v) is 10.3. The Hall–Kier alpha value is -3.52. The third-order valence-corrected chi connectivity index (χ3v) is 5.21. The number of rotatable bonds is 7. The average molecular weight is 420 g/mol. The molecule has 0 radical (unpaired) electrons. The van der Waals surface area contributed by atoms with Gasteiger partial charge in [0, 0.05) is 24.2 Å². The molecule has 152 valence electrons. The fourth-order valence-electron chi connectivity index (χ4n) is 2.97. The molecule has 0 atom stereocenters. The van der Waals surface area contributed by atoms with E-state index in [9.17, 15) is 9.59 Å². The topological polar surface area (TPSA) is 85.6 Å². The number of ether oxygens (including phenoxy) is 1. The summed E-state index contributed by atoms with van der Waals surface area (Å²) in [5, 5.41) is 7.79. The van der Waals surface area contributed by atoms with Gasteiger partial charge in [-0.1, -0.05) is 47.7 Å². The van der Waals surface area contributed by atoms with Crippen molar-refractivity contribution in [2.75, 3.05) is 5.32 Å². The lowest BCUT2D eigenvalue weighted by Gasteiger charge is -2.09. The van der Waals surface area contributed by atoms with Crippen LogP contribution in [0.5, 0.6) is 5.75 Å². The van der Waals surface area contributed by atoms with E-state index in [1.54, 1.807) is 18.2 Å². The summed E-state index contributed by atoms with van der Waals surface area (Å²) in [4.78, 5) is 29.3. The van der Waals surface area contributed by atoms with Gasteiger partial charge in [-0.2, -0.15) is 9.61 Å². The number of aryl methyl sites for hydroxylation is 2.